The Kier molecular flexibility index (Phi) is 5.65. The van der Waals surface area contributed by atoms with Crippen molar-refractivity contribution in [3.63, 3.8) is 0 Å². The number of esters is 1. The normalized spacial score (nSPS) is 23.5. The van der Waals surface area contributed by atoms with E-state index >= 15 is 0 Å². The van der Waals surface area contributed by atoms with Crippen LogP contribution >= 0.6 is 0 Å². The van der Waals surface area contributed by atoms with Crippen LogP contribution in [0.4, 0.5) is 0 Å². The summed E-state index contributed by atoms with van der Waals surface area (Å²) in [6.45, 7) is 3.56. The van der Waals surface area contributed by atoms with Crippen LogP contribution in [-0.4, -0.2) is 31.8 Å². The maximum absolute atomic E-state index is 11.4. The van der Waals surface area contributed by atoms with Gasteiger partial charge < -0.3 is 15.2 Å². The molecular formula is C11H21NO3. The Labute approximate surface area is 91.1 Å². The lowest BCUT2D eigenvalue weighted by Gasteiger charge is -2.22. The highest BCUT2D eigenvalue weighted by molar-refractivity contribution is 5.71. The van der Waals surface area contributed by atoms with Gasteiger partial charge in [-0.15, -0.1) is 0 Å². The Morgan fingerprint density at radius 3 is 3.00 bits per heavy atom. The summed E-state index contributed by atoms with van der Waals surface area (Å²) in [5, 5.41) is 0. The first-order valence-electron chi connectivity index (χ1n) is 5.72. The Hall–Kier alpha value is -0.610. The predicted molar refractivity (Wildman–Crippen MR) is 57.4 cm³/mol. The van der Waals surface area contributed by atoms with Gasteiger partial charge in [0.15, 0.2) is 0 Å². The number of rotatable bonds is 5. The van der Waals surface area contributed by atoms with Gasteiger partial charge in [0, 0.05) is 6.61 Å². The fourth-order valence-electron chi connectivity index (χ4n) is 1.62. The molecule has 0 radical (unpaired) electrons. The molecule has 0 aliphatic carbocycles. The van der Waals surface area contributed by atoms with Gasteiger partial charge >= 0.3 is 5.97 Å². The summed E-state index contributed by atoms with van der Waals surface area (Å²) < 4.78 is 10.6. The highest BCUT2D eigenvalue weighted by Crippen LogP contribution is 2.13. The smallest absolute Gasteiger partial charge is 0.308 e. The number of hydrogen-bond donors (Lipinski definition) is 1. The third-order valence-electron chi connectivity index (χ3n) is 2.69. The van der Waals surface area contributed by atoms with Gasteiger partial charge in [0.1, 0.15) is 6.61 Å². The van der Waals surface area contributed by atoms with E-state index in [0.29, 0.717) is 19.6 Å². The van der Waals surface area contributed by atoms with Crippen molar-refractivity contribution >= 4 is 5.97 Å². The highest BCUT2D eigenvalue weighted by Gasteiger charge is 2.18. The Balaban J connectivity index is 2.14. The van der Waals surface area contributed by atoms with E-state index in [1.807, 2.05) is 6.92 Å². The molecule has 0 spiro atoms. The van der Waals surface area contributed by atoms with Gasteiger partial charge in [-0.1, -0.05) is 6.92 Å². The number of nitrogens with two attached hydrogens (primary N) is 1. The average molecular weight is 215 g/mol. The SMILES string of the molecule is CC(CCN)C(=O)OCC1CCCCO1. The van der Waals surface area contributed by atoms with Crippen LogP contribution in [-0.2, 0) is 14.3 Å². The molecule has 88 valence electrons. The van der Waals surface area contributed by atoms with Crippen LogP contribution in [0, 0.1) is 5.92 Å². The largest absolute Gasteiger partial charge is 0.463 e. The topological polar surface area (TPSA) is 61.6 Å². The lowest BCUT2D eigenvalue weighted by Crippen LogP contribution is -2.28. The molecule has 1 aliphatic rings. The predicted octanol–water partition coefficient (Wildman–Crippen LogP) is 1.08. The quantitative estimate of drug-likeness (QED) is 0.697. The van der Waals surface area contributed by atoms with E-state index in [1.54, 1.807) is 0 Å². The van der Waals surface area contributed by atoms with Gasteiger partial charge in [-0.2, -0.15) is 0 Å². The first kappa shape index (κ1) is 12.5. The van der Waals surface area contributed by atoms with E-state index in [9.17, 15) is 4.79 Å². The van der Waals surface area contributed by atoms with Crippen LogP contribution in [0.1, 0.15) is 32.6 Å². The monoisotopic (exact) mass is 215 g/mol. The fourth-order valence-corrected chi connectivity index (χ4v) is 1.62. The lowest BCUT2D eigenvalue weighted by atomic mass is 10.1. The number of hydrogen-bond acceptors (Lipinski definition) is 4. The molecule has 0 aromatic carbocycles. The molecular weight excluding hydrogens is 194 g/mol. The molecule has 1 fully saturated rings. The molecule has 2 unspecified atom stereocenters. The Bertz CT molecular complexity index is 190. The molecule has 1 saturated heterocycles. The third-order valence-corrected chi connectivity index (χ3v) is 2.69. The van der Waals surface area contributed by atoms with Crippen molar-refractivity contribution < 1.29 is 14.3 Å². The zero-order valence-corrected chi connectivity index (χ0v) is 9.41. The molecule has 1 rings (SSSR count). The van der Waals surface area contributed by atoms with Crippen LogP contribution in [0.25, 0.3) is 0 Å². The van der Waals surface area contributed by atoms with Crippen molar-refractivity contribution in [1.29, 1.82) is 0 Å². The summed E-state index contributed by atoms with van der Waals surface area (Å²) in [5.41, 5.74) is 5.37. The minimum atomic E-state index is -0.158. The summed E-state index contributed by atoms with van der Waals surface area (Å²) in [7, 11) is 0. The standard InChI is InChI=1S/C11H21NO3/c1-9(5-6-12)11(13)15-8-10-4-2-3-7-14-10/h9-10H,2-8,12H2,1H3. The lowest BCUT2D eigenvalue weighted by molar-refractivity contribution is -0.153. The zero-order chi connectivity index (χ0) is 11.1. The van der Waals surface area contributed by atoms with Crippen molar-refractivity contribution in [3.8, 4) is 0 Å². The molecule has 1 aliphatic heterocycles. The van der Waals surface area contributed by atoms with Gasteiger partial charge in [0.2, 0.25) is 0 Å². The van der Waals surface area contributed by atoms with Gasteiger partial charge in [0.05, 0.1) is 12.0 Å². The zero-order valence-electron chi connectivity index (χ0n) is 9.41. The molecule has 4 heteroatoms. The molecule has 1 heterocycles. The van der Waals surface area contributed by atoms with Gasteiger partial charge in [-0.25, -0.2) is 0 Å². The molecule has 0 aromatic heterocycles. The summed E-state index contributed by atoms with van der Waals surface area (Å²) in [6, 6.07) is 0. The van der Waals surface area contributed by atoms with E-state index in [4.69, 9.17) is 15.2 Å². The Morgan fingerprint density at radius 1 is 1.60 bits per heavy atom. The minimum Gasteiger partial charge on any atom is -0.463 e. The second-order valence-electron chi connectivity index (χ2n) is 4.10. The minimum absolute atomic E-state index is 0.0985. The summed E-state index contributed by atoms with van der Waals surface area (Å²) in [6.07, 6.45) is 4.07. The van der Waals surface area contributed by atoms with Gasteiger partial charge in [-0.05, 0) is 32.2 Å². The van der Waals surface area contributed by atoms with Crippen molar-refractivity contribution in [1.82, 2.24) is 0 Å². The molecule has 2 atom stereocenters. The first-order chi connectivity index (χ1) is 7.24. The molecule has 0 aromatic rings. The molecule has 0 bridgehead atoms. The van der Waals surface area contributed by atoms with Crippen LogP contribution < -0.4 is 5.73 Å². The van der Waals surface area contributed by atoms with Gasteiger partial charge in [0.25, 0.3) is 0 Å². The molecule has 2 N–H and O–H groups in total. The average Bonchev–Trinajstić information content (AvgIpc) is 2.27. The number of carbonyl (C=O) groups is 1. The van der Waals surface area contributed by atoms with Crippen molar-refractivity contribution in [3.05, 3.63) is 0 Å². The molecule has 4 nitrogen and oxygen atoms in total. The van der Waals surface area contributed by atoms with Crippen LogP contribution in [0.3, 0.4) is 0 Å². The summed E-state index contributed by atoms with van der Waals surface area (Å²) in [5.74, 6) is -0.256. The fraction of sp³-hybridized carbons (Fsp3) is 0.909. The van der Waals surface area contributed by atoms with E-state index in [0.717, 1.165) is 19.4 Å². The Morgan fingerprint density at radius 2 is 2.40 bits per heavy atom. The summed E-state index contributed by atoms with van der Waals surface area (Å²) >= 11 is 0. The van der Waals surface area contributed by atoms with Crippen LogP contribution in [0.5, 0.6) is 0 Å². The maximum atomic E-state index is 11.4. The van der Waals surface area contributed by atoms with Crippen molar-refractivity contribution in [2.75, 3.05) is 19.8 Å². The van der Waals surface area contributed by atoms with Crippen LogP contribution in [0.2, 0.25) is 0 Å². The van der Waals surface area contributed by atoms with Crippen molar-refractivity contribution in [2.45, 2.75) is 38.7 Å². The molecule has 15 heavy (non-hydrogen) atoms. The van der Waals surface area contributed by atoms with E-state index in [2.05, 4.69) is 0 Å². The highest BCUT2D eigenvalue weighted by atomic mass is 16.6. The van der Waals surface area contributed by atoms with Gasteiger partial charge in [-0.3, -0.25) is 4.79 Å². The van der Waals surface area contributed by atoms with Crippen LogP contribution in [0.15, 0.2) is 0 Å². The van der Waals surface area contributed by atoms with E-state index in [1.165, 1.54) is 6.42 Å². The molecule has 0 saturated carbocycles. The third kappa shape index (κ3) is 4.62. The van der Waals surface area contributed by atoms with E-state index in [-0.39, 0.29) is 18.0 Å². The number of ether oxygens (including phenoxy) is 2. The maximum Gasteiger partial charge on any atom is 0.308 e. The second kappa shape index (κ2) is 6.80. The van der Waals surface area contributed by atoms with E-state index < -0.39 is 0 Å². The number of carbonyl (C=O) groups excluding carboxylic acids is 1. The van der Waals surface area contributed by atoms with Crippen molar-refractivity contribution in [2.24, 2.45) is 11.7 Å². The second-order valence-corrected chi connectivity index (χ2v) is 4.10. The first-order valence-corrected chi connectivity index (χ1v) is 5.72. The summed E-state index contributed by atoms with van der Waals surface area (Å²) in [4.78, 5) is 11.4. The molecule has 0 amide bonds.